The van der Waals surface area contributed by atoms with Gasteiger partial charge < -0.3 is 10.1 Å². The number of carbonyl (C=O) groups is 1. The van der Waals surface area contributed by atoms with Gasteiger partial charge in [0, 0.05) is 5.69 Å². The molecule has 0 aliphatic carbocycles. The zero-order valence-corrected chi connectivity index (χ0v) is 13.5. The Morgan fingerprint density at radius 1 is 1.09 bits per heavy atom. The van der Waals surface area contributed by atoms with Gasteiger partial charge in [-0.05, 0) is 24.3 Å². The van der Waals surface area contributed by atoms with E-state index in [-0.39, 0.29) is 6.61 Å². The van der Waals surface area contributed by atoms with E-state index in [1.807, 2.05) is 30.3 Å². The van der Waals surface area contributed by atoms with E-state index < -0.39 is 9.89 Å². The van der Waals surface area contributed by atoms with E-state index in [9.17, 15) is 4.79 Å². The summed E-state index contributed by atoms with van der Waals surface area (Å²) in [5, 5.41) is 5.60. The highest BCUT2D eigenvalue weighted by Gasteiger charge is 2.22. The molecule has 22 heavy (non-hydrogen) atoms. The lowest BCUT2D eigenvalue weighted by atomic mass is 10.3. The number of aromatic nitrogens is 1. The first kappa shape index (κ1) is 16.7. The Bertz CT molecular complexity index is 615. The number of nitrogens with one attached hydrogen (secondary N) is 2. The fourth-order valence-corrected chi connectivity index (χ4v) is 1.68. The van der Waals surface area contributed by atoms with Crippen molar-refractivity contribution >= 4 is 58.1 Å². The summed E-state index contributed by atoms with van der Waals surface area (Å²) in [6, 6.07) is 13.0. The van der Waals surface area contributed by atoms with Crippen LogP contribution in [0.4, 0.5) is 22.0 Å². The van der Waals surface area contributed by atoms with E-state index in [0.717, 1.165) is 5.69 Å². The number of hydrogen-bond acceptors (Lipinski definition) is 4. The molecule has 2 N–H and O–H groups in total. The molecule has 0 atom stereocenters. The molecule has 0 aliphatic heterocycles. The number of amides is 1. The summed E-state index contributed by atoms with van der Waals surface area (Å²) in [7, 11) is 0. The second-order valence-electron chi connectivity index (χ2n) is 4.24. The van der Waals surface area contributed by atoms with E-state index in [1.165, 1.54) is 6.20 Å². The number of anilines is 3. The first-order valence-electron chi connectivity index (χ1n) is 6.21. The molecule has 1 amide bonds. The van der Waals surface area contributed by atoms with E-state index in [4.69, 9.17) is 39.5 Å². The van der Waals surface area contributed by atoms with Gasteiger partial charge in [-0.2, -0.15) is 0 Å². The van der Waals surface area contributed by atoms with Gasteiger partial charge in [-0.15, -0.1) is 0 Å². The van der Waals surface area contributed by atoms with Gasteiger partial charge in [-0.1, -0.05) is 53.0 Å². The lowest BCUT2D eigenvalue weighted by Crippen LogP contribution is -2.21. The van der Waals surface area contributed by atoms with Crippen LogP contribution in [0.1, 0.15) is 0 Å². The van der Waals surface area contributed by atoms with Crippen molar-refractivity contribution in [3.63, 3.8) is 0 Å². The standard InChI is InChI=1S/C14H12Cl3N3O2/c15-14(16,17)9-22-13(21)20-11-6-7-12(18-8-11)19-10-4-2-1-3-5-10/h1-8H,9H2,(H,18,19)(H,20,21). The highest BCUT2D eigenvalue weighted by Crippen LogP contribution is 2.26. The Kier molecular flexibility index (Phi) is 5.71. The van der Waals surface area contributed by atoms with Crippen LogP contribution in [-0.2, 0) is 4.74 Å². The normalized spacial score (nSPS) is 10.9. The minimum atomic E-state index is -1.64. The highest BCUT2D eigenvalue weighted by molar-refractivity contribution is 6.67. The van der Waals surface area contributed by atoms with Gasteiger partial charge in [0.1, 0.15) is 12.4 Å². The first-order valence-corrected chi connectivity index (χ1v) is 7.34. The van der Waals surface area contributed by atoms with Crippen LogP contribution in [0.2, 0.25) is 0 Å². The summed E-state index contributed by atoms with van der Waals surface area (Å²) >= 11 is 16.4. The van der Waals surface area contributed by atoms with Crippen LogP contribution in [0.25, 0.3) is 0 Å². The van der Waals surface area contributed by atoms with Crippen LogP contribution in [-0.4, -0.2) is 21.5 Å². The molecule has 0 radical (unpaired) electrons. The zero-order valence-electron chi connectivity index (χ0n) is 11.2. The lowest BCUT2D eigenvalue weighted by Gasteiger charge is -2.12. The molecule has 0 unspecified atom stereocenters. The van der Waals surface area contributed by atoms with E-state index in [2.05, 4.69) is 15.6 Å². The molecule has 0 bridgehead atoms. The number of nitrogens with zero attached hydrogens (tertiary/aromatic N) is 1. The van der Waals surface area contributed by atoms with Gasteiger partial charge in [0.25, 0.3) is 0 Å². The summed E-state index contributed by atoms with van der Waals surface area (Å²) in [4.78, 5) is 15.7. The van der Waals surface area contributed by atoms with Crippen molar-refractivity contribution in [2.75, 3.05) is 17.2 Å². The number of pyridine rings is 1. The monoisotopic (exact) mass is 359 g/mol. The number of para-hydroxylation sites is 1. The van der Waals surface area contributed by atoms with E-state index in [0.29, 0.717) is 11.5 Å². The summed E-state index contributed by atoms with van der Waals surface area (Å²) in [5.41, 5.74) is 1.38. The van der Waals surface area contributed by atoms with Gasteiger partial charge in [0.2, 0.25) is 3.79 Å². The SMILES string of the molecule is O=C(Nc1ccc(Nc2ccccc2)nc1)OCC(Cl)(Cl)Cl. The maximum absolute atomic E-state index is 11.5. The van der Waals surface area contributed by atoms with Gasteiger partial charge in [0.15, 0.2) is 0 Å². The van der Waals surface area contributed by atoms with Gasteiger partial charge in [0.05, 0.1) is 11.9 Å². The Balaban J connectivity index is 1.88. The molecule has 8 heteroatoms. The molecule has 1 aromatic carbocycles. The fourth-order valence-electron chi connectivity index (χ4n) is 1.51. The van der Waals surface area contributed by atoms with Crippen LogP contribution in [0.15, 0.2) is 48.7 Å². The number of rotatable bonds is 4. The zero-order chi connectivity index (χ0) is 16.0. The predicted molar refractivity (Wildman–Crippen MR) is 89.2 cm³/mol. The van der Waals surface area contributed by atoms with Crippen molar-refractivity contribution < 1.29 is 9.53 Å². The number of carbonyl (C=O) groups excluding carboxylic acids is 1. The summed E-state index contributed by atoms with van der Waals surface area (Å²) in [6.07, 6.45) is 0.763. The maximum Gasteiger partial charge on any atom is 0.411 e. The molecule has 2 aromatic rings. The van der Waals surface area contributed by atoms with Crippen LogP contribution in [0, 0.1) is 0 Å². The summed E-state index contributed by atoms with van der Waals surface area (Å²) in [6.45, 7) is -0.343. The van der Waals surface area contributed by atoms with Crippen LogP contribution < -0.4 is 10.6 Å². The number of hydrogen-bond donors (Lipinski definition) is 2. The third-order valence-corrected chi connectivity index (χ3v) is 2.75. The average Bonchev–Trinajstić information content (AvgIpc) is 2.48. The summed E-state index contributed by atoms with van der Waals surface area (Å²) in [5.74, 6) is 0.645. The molecule has 0 spiro atoms. The summed E-state index contributed by atoms with van der Waals surface area (Å²) < 4.78 is 3.11. The van der Waals surface area contributed by atoms with Crippen molar-refractivity contribution in [2.24, 2.45) is 0 Å². The number of benzene rings is 1. The molecule has 0 saturated carbocycles. The Labute approximate surface area is 142 Å². The molecule has 1 aromatic heterocycles. The van der Waals surface area contributed by atoms with Gasteiger partial charge >= 0.3 is 6.09 Å². The maximum atomic E-state index is 11.5. The third-order valence-electron chi connectivity index (χ3n) is 2.42. The van der Waals surface area contributed by atoms with Crippen molar-refractivity contribution in [1.82, 2.24) is 4.98 Å². The second kappa shape index (κ2) is 7.54. The van der Waals surface area contributed by atoms with Crippen molar-refractivity contribution in [3.05, 3.63) is 48.7 Å². The van der Waals surface area contributed by atoms with Crippen molar-refractivity contribution in [3.8, 4) is 0 Å². The molecular weight excluding hydrogens is 349 g/mol. The van der Waals surface area contributed by atoms with Crippen molar-refractivity contribution in [1.29, 1.82) is 0 Å². The Morgan fingerprint density at radius 3 is 2.41 bits per heavy atom. The van der Waals surface area contributed by atoms with Crippen LogP contribution >= 0.6 is 34.8 Å². The number of alkyl halides is 3. The van der Waals surface area contributed by atoms with Gasteiger partial charge in [-0.3, -0.25) is 5.32 Å². The predicted octanol–water partition coefficient (Wildman–Crippen LogP) is 4.74. The second-order valence-corrected chi connectivity index (χ2v) is 6.76. The highest BCUT2D eigenvalue weighted by atomic mass is 35.6. The minimum Gasteiger partial charge on any atom is -0.445 e. The number of halogens is 3. The molecule has 116 valence electrons. The van der Waals surface area contributed by atoms with Crippen LogP contribution in [0.3, 0.4) is 0 Å². The Morgan fingerprint density at radius 2 is 1.82 bits per heavy atom. The largest absolute Gasteiger partial charge is 0.445 e. The topological polar surface area (TPSA) is 63.2 Å². The first-order chi connectivity index (χ1) is 10.4. The van der Waals surface area contributed by atoms with E-state index >= 15 is 0 Å². The molecule has 5 nitrogen and oxygen atoms in total. The molecule has 1 heterocycles. The van der Waals surface area contributed by atoms with Crippen molar-refractivity contribution in [2.45, 2.75) is 3.79 Å². The number of ether oxygens (including phenoxy) is 1. The molecular formula is C14H12Cl3N3O2. The molecule has 0 fully saturated rings. The molecule has 2 rings (SSSR count). The lowest BCUT2D eigenvalue weighted by molar-refractivity contribution is 0.164. The van der Waals surface area contributed by atoms with Gasteiger partial charge in [-0.25, -0.2) is 9.78 Å². The average molecular weight is 361 g/mol. The minimum absolute atomic E-state index is 0.343. The fraction of sp³-hybridized carbons (Fsp3) is 0.143. The van der Waals surface area contributed by atoms with E-state index in [1.54, 1.807) is 12.1 Å². The molecule has 0 aliphatic rings. The smallest absolute Gasteiger partial charge is 0.411 e. The quantitative estimate of drug-likeness (QED) is 0.773. The third kappa shape index (κ3) is 5.97. The van der Waals surface area contributed by atoms with Crippen LogP contribution in [0.5, 0.6) is 0 Å². The Hall–Kier alpha value is -1.69. The molecule has 0 saturated heterocycles.